The summed E-state index contributed by atoms with van der Waals surface area (Å²) >= 11 is 0. The number of anilines is 2. The molecule has 0 spiro atoms. The lowest BCUT2D eigenvalue weighted by Gasteiger charge is -2.13. The van der Waals surface area contributed by atoms with E-state index in [1.54, 1.807) is 19.1 Å². The van der Waals surface area contributed by atoms with Gasteiger partial charge in [-0.1, -0.05) is 41.6 Å². The quantitative estimate of drug-likeness (QED) is 0.404. The number of nitrogens with one attached hydrogen (secondary N) is 1. The molecule has 0 unspecified atom stereocenters. The predicted octanol–water partition coefficient (Wildman–Crippen LogP) is 5.09. The molecule has 1 N–H and O–H groups in total. The highest BCUT2D eigenvalue weighted by atomic mass is 32.2. The Bertz CT molecular complexity index is 1660. The highest BCUT2D eigenvalue weighted by Gasteiger charge is 2.28. The van der Waals surface area contributed by atoms with Gasteiger partial charge in [0, 0.05) is 11.1 Å². The van der Waals surface area contributed by atoms with E-state index in [-0.39, 0.29) is 15.6 Å². The first-order valence-corrected chi connectivity index (χ1v) is 12.1. The standard InChI is InChI=1S/C25H23N5O2S/c1-15-12-13-17(3)22(14-15)33(31,32)25-24-27-23(26-20-10-7-8-16(2)18(20)4)19-9-5-6-11-21(19)30(24)29-28-25/h5-14H,1-4H3,(H,26,27). The van der Waals surface area contributed by atoms with Gasteiger partial charge in [-0.3, -0.25) is 0 Å². The van der Waals surface area contributed by atoms with Crippen LogP contribution in [-0.4, -0.2) is 28.2 Å². The molecule has 0 amide bonds. The van der Waals surface area contributed by atoms with E-state index in [0.29, 0.717) is 16.9 Å². The van der Waals surface area contributed by atoms with Crippen LogP contribution in [-0.2, 0) is 9.84 Å². The van der Waals surface area contributed by atoms with Crippen LogP contribution in [0, 0.1) is 27.7 Å². The monoisotopic (exact) mass is 457 g/mol. The van der Waals surface area contributed by atoms with Gasteiger partial charge in [-0.05, 0) is 74.2 Å². The molecule has 7 nitrogen and oxygen atoms in total. The minimum absolute atomic E-state index is 0.161. The molecule has 2 heterocycles. The van der Waals surface area contributed by atoms with Gasteiger partial charge in [0.15, 0.2) is 5.65 Å². The van der Waals surface area contributed by atoms with Gasteiger partial charge in [0.25, 0.3) is 0 Å². The van der Waals surface area contributed by atoms with Gasteiger partial charge in [0.2, 0.25) is 14.9 Å². The molecule has 0 saturated heterocycles. The maximum absolute atomic E-state index is 13.6. The molecule has 166 valence electrons. The summed E-state index contributed by atoms with van der Waals surface area (Å²) in [5.74, 6) is 0.548. The smallest absolute Gasteiger partial charge is 0.229 e. The zero-order valence-corrected chi connectivity index (χ0v) is 19.6. The van der Waals surface area contributed by atoms with E-state index in [4.69, 9.17) is 4.98 Å². The van der Waals surface area contributed by atoms with Crippen LogP contribution in [0.15, 0.2) is 70.6 Å². The summed E-state index contributed by atoms with van der Waals surface area (Å²) in [5, 5.41) is 12.3. The van der Waals surface area contributed by atoms with Crippen LogP contribution in [0.5, 0.6) is 0 Å². The number of hydrogen-bond donors (Lipinski definition) is 1. The molecule has 0 aliphatic rings. The number of aromatic nitrogens is 4. The molecule has 0 aliphatic heterocycles. The SMILES string of the molecule is Cc1ccc(C)c(S(=O)(=O)c2nnn3c2nc(Nc2cccc(C)c2C)c2ccccc23)c1. The van der Waals surface area contributed by atoms with Crippen LogP contribution < -0.4 is 5.32 Å². The number of benzene rings is 3. The van der Waals surface area contributed by atoms with Gasteiger partial charge in [0.1, 0.15) is 5.82 Å². The summed E-state index contributed by atoms with van der Waals surface area (Å²) < 4.78 is 28.7. The number of hydrogen-bond acceptors (Lipinski definition) is 6. The molecule has 0 atom stereocenters. The molecule has 33 heavy (non-hydrogen) atoms. The maximum atomic E-state index is 13.6. The van der Waals surface area contributed by atoms with Gasteiger partial charge >= 0.3 is 0 Å². The van der Waals surface area contributed by atoms with Crippen molar-refractivity contribution in [1.29, 1.82) is 0 Å². The van der Waals surface area contributed by atoms with E-state index in [9.17, 15) is 8.42 Å². The summed E-state index contributed by atoms with van der Waals surface area (Å²) in [6, 6.07) is 18.9. The zero-order valence-electron chi connectivity index (χ0n) is 18.8. The Kier molecular flexibility index (Phi) is 4.90. The van der Waals surface area contributed by atoms with E-state index >= 15 is 0 Å². The second-order valence-corrected chi connectivity index (χ2v) is 10.1. The molecule has 0 aliphatic carbocycles. The summed E-state index contributed by atoms with van der Waals surface area (Å²) in [6.07, 6.45) is 0. The maximum Gasteiger partial charge on any atom is 0.229 e. The Hall–Kier alpha value is -3.78. The molecule has 5 aromatic rings. The third kappa shape index (κ3) is 3.43. The number of para-hydroxylation sites is 1. The zero-order chi connectivity index (χ0) is 23.3. The van der Waals surface area contributed by atoms with Crippen molar-refractivity contribution in [2.24, 2.45) is 0 Å². The Morgan fingerprint density at radius 3 is 2.48 bits per heavy atom. The molecule has 0 fully saturated rings. The van der Waals surface area contributed by atoms with E-state index in [1.807, 2.05) is 69.3 Å². The summed E-state index contributed by atoms with van der Waals surface area (Å²) in [5.41, 5.74) is 5.55. The first-order valence-electron chi connectivity index (χ1n) is 10.6. The highest BCUT2D eigenvalue weighted by Crippen LogP contribution is 2.31. The minimum Gasteiger partial charge on any atom is -0.339 e. The van der Waals surface area contributed by atoms with Crippen LogP contribution in [0.2, 0.25) is 0 Å². The highest BCUT2D eigenvalue weighted by molar-refractivity contribution is 7.91. The van der Waals surface area contributed by atoms with Crippen molar-refractivity contribution in [2.45, 2.75) is 37.6 Å². The second kappa shape index (κ2) is 7.67. The van der Waals surface area contributed by atoms with Gasteiger partial charge in [-0.15, -0.1) is 5.10 Å². The normalized spacial score (nSPS) is 11.9. The van der Waals surface area contributed by atoms with Crippen molar-refractivity contribution in [3.05, 3.63) is 82.9 Å². The first-order chi connectivity index (χ1) is 15.8. The van der Waals surface area contributed by atoms with Crippen molar-refractivity contribution in [3.63, 3.8) is 0 Å². The number of nitrogens with zero attached hydrogens (tertiary/aromatic N) is 4. The molecule has 0 radical (unpaired) electrons. The van der Waals surface area contributed by atoms with Gasteiger partial charge in [-0.2, -0.15) is 4.52 Å². The fourth-order valence-corrected chi connectivity index (χ4v) is 5.49. The topological polar surface area (TPSA) is 89.2 Å². The van der Waals surface area contributed by atoms with Gasteiger partial charge in [-0.25, -0.2) is 13.4 Å². The third-order valence-electron chi connectivity index (χ3n) is 5.97. The lowest BCUT2D eigenvalue weighted by molar-refractivity contribution is 0.592. The predicted molar refractivity (Wildman–Crippen MR) is 129 cm³/mol. The number of sulfone groups is 1. The third-order valence-corrected chi connectivity index (χ3v) is 7.76. The van der Waals surface area contributed by atoms with E-state index in [1.165, 1.54) is 4.52 Å². The van der Waals surface area contributed by atoms with Crippen molar-refractivity contribution >= 4 is 37.9 Å². The molecular formula is C25H23N5O2S. The average Bonchev–Trinajstić information content (AvgIpc) is 3.23. The van der Waals surface area contributed by atoms with E-state index in [2.05, 4.69) is 15.6 Å². The largest absolute Gasteiger partial charge is 0.339 e. The van der Waals surface area contributed by atoms with Crippen LogP contribution in [0.1, 0.15) is 22.3 Å². The van der Waals surface area contributed by atoms with Gasteiger partial charge < -0.3 is 5.32 Å². The minimum atomic E-state index is -3.93. The summed E-state index contributed by atoms with van der Waals surface area (Å²) in [4.78, 5) is 4.93. The van der Waals surface area contributed by atoms with Crippen LogP contribution in [0.25, 0.3) is 16.6 Å². The Morgan fingerprint density at radius 2 is 1.67 bits per heavy atom. The molecular weight excluding hydrogens is 434 g/mol. The number of fused-ring (bicyclic) bond motifs is 3. The van der Waals surface area contributed by atoms with Crippen LogP contribution in [0.3, 0.4) is 0 Å². The molecule has 2 aromatic heterocycles. The number of rotatable bonds is 4. The second-order valence-electron chi connectivity index (χ2n) is 8.25. The lowest BCUT2D eigenvalue weighted by atomic mass is 10.1. The van der Waals surface area contributed by atoms with Crippen molar-refractivity contribution in [3.8, 4) is 0 Å². The lowest BCUT2D eigenvalue weighted by Crippen LogP contribution is -2.07. The van der Waals surface area contributed by atoms with Crippen molar-refractivity contribution in [1.82, 2.24) is 19.8 Å². The average molecular weight is 458 g/mol. The van der Waals surface area contributed by atoms with Gasteiger partial charge in [0.05, 0.1) is 10.4 Å². The molecule has 3 aromatic carbocycles. The molecule has 0 saturated carbocycles. The van der Waals surface area contributed by atoms with Crippen molar-refractivity contribution in [2.75, 3.05) is 5.32 Å². The summed E-state index contributed by atoms with van der Waals surface area (Å²) in [7, 11) is -3.93. The van der Waals surface area contributed by atoms with Crippen LogP contribution >= 0.6 is 0 Å². The fraction of sp³-hybridized carbons (Fsp3) is 0.160. The van der Waals surface area contributed by atoms with Crippen molar-refractivity contribution < 1.29 is 8.42 Å². The molecule has 8 heteroatoms. The first kappa shape index (κ1) is 21.1. The van der Waals surface area contributed by atoms with E-state index in [0.717, 1.165) is 27.8 Å². The molecule has 5 rings (SSSR count). The Labute approximate surface area is 192 Å². The molecule has 0 bridgehead atoms. The Balaban J connectivity index is 1.77. The Morgan fingerprint density at radius 1 is 0.879 bits per heavy atom. The summed E-state index contributed by atoms with van der Waals surface area (Å²) in [6.45, 7) is 7.72. The number of aryl methyl sites for hydroxylation is 3. The van der Waals surface area contributed by atoms with E-state index < -0.39 is 9.84 Å². The fourth-order valence-electron chi connectivity index (χ4n) is 3.93. The van der Waals surface area contributed by atoms with Crippen LogP contribution in [0.4, 0.5) is 11.5 Å².